The van der Waals surface area contributed by atoms with Gasteiger partial charge in [0.1, 0.15) is 5.82 Å². The molecule has 0 bridgehead atoms. The van der Waals surface area contributed by atoms with Crippen molar-refractivity contribution in [2.45, 2.75) is 57.5 Å². The second-order valence-corrected chi connectivity index (χ2v) is 6.56. The van der Waals surface area contributed by atoms with Gasteiger partial charge in [0.2, 0.25) is 0 Å². The van der Waals surface area contributed by atoms with E-state index in [-0.39, 0.29) is 11.7 Å². The smallest absolute Gasteiger partial charge is 0.377 e. The molecule has 1 saturated heterocycles. The van der Waals surface area contributed by atoms with Gasteiger partial charge in [-0.3, -0.25) is 0 Å². The molecule has 21 heavy (non-hydrogen) atoms. The predicted octanol–water partition coefficient (Wildman–Crippen LogP) is 4.60. The molecule has 2 nitrogen and oxygen atoms in total. The van der Waals surface area contributed by atoms with Gasteiger partial charge in [-0.2, -0.15) is 13.2 Å². The standard InChI is InChI=1S/C15H19F4NO/c1-13(2)8-12(14(3,4)21-13)20-11-7-9(15(17,18)19)5-6-10(11)16/h5-7,12,20H,8H2,1-4H3. The normalized spacial score (nSPS) is 24.1. The highest BCUT2D eigenvalue weighted by molar-refractivity contribution is 5.49. The van der Waals surface area contributed by atoms with Crippen LogP contribution in [0.3, 0.4) is 0 Å². The average molecular weight is 305 g/mol. The first kappa shape index (κ1) is 16.1. The fourth-order valence-electron chi connectivity index (χ4n) is 2.79. The molecule has 0 saturated carbocycles. The van der Waals surface area contributed by atoms with Crippen molar-refractivity contribution in [1.29, 1.82) is 0 Å². The minimum atomic E-state index is -4.49. The monoisotopic (exact) mass is 305 g/mol. The van der Waals surface area contributed by atoms with Crippen molar-refractivity contribution in [2.24, 2.45) is 0 Å². The van der Waals surface area contributed by atoms with Crippen molar-refractivity contribution in [3.05, 3.63) is 29.6 Å². The number of ether oxygens (including phenoxy) is 1. The fraction of sp³-hybridized carbons (Fsp3) is 0.600. The zero-order chi connectivity index (χ0) is 16.1. The summed E-state index contributed by atoms with van der Waals surface area (Å²) < 4.78 is 57.8. The van der Waals surface area contributed by atoms with Crippen LogP contribution in [-0.4, -0.2) is 17.2 Å². The number of rotatable bonds is 2. The number of halogens is 4. The molecule has 0 aromatic heterocycles. The van der Waals surface area contributed by atoms with Crippen LogP contribution in [-0.2, 0) is 10.9 Å². The Labute approximate surface area is 121 Å². The molecular weight excluding hydrogens is 286 g/mol. The molecule has 118 valence electrons. The highest BCUT2D eigenvalue weighted by Gasteiger charge is 2.46. The molecule has 1 aromatic rings. The SMILES string of the molecule is CC1(C)CC(Nc2cc(C(F)(F)F)ccc2F)C(C)(C)O1. The molecular formula is C15H19F4NO. The van der Waals surface area contributed by atoms with E-state index in [0.717, 1.165) is 18.2 Å². The molecule has 1 unspecified atom stereocenters. The van der Waals surface area contributed by atoms with E-state index in [2.05, 4.69) is 5.32 Å². The van der Waals surface area contributed by atoms with E-state index in [9.17, 15) is 17.6 Å². The highest BCUT2D eigenvalue weighted by atomic mass is 19.4. The minimum Gasteiger partial charge on any atom is -0.377 e. The van der Waals surface area contributed by atoms with Crippen LogP contribution in [0.4, 0.5) is 23.2 Å². The first-order chi connectivity index (χ1) is 9.41. The summed E-state index contributed by atoms with van der Waals surface area (Å²) in [6.45, 7) is 7.48. The molecule has 1 aliphatic heterocycles. The van der Waals surface area contributed by atoms with Crippen LogP contribution in [0.5, 0.6) is 0 Å². The summed E-state index contributed by atoms with van der Waals surface area (Å²) in [4.78, 5) is 0. The summed E-state index contributed by atoms with van der Waals surface area (Å²) in [5, 5.41) is 2.87. The number of nitrogens with one attached hydrogen (secondary N) is 1. The van der Waals surface area contributed by atoms with Crippen molar-refractivity contribution in [3.8, 4) is 0 Å². The largest absolute Gasteiger partial charge is 0.416 e. The summed E-state index contributed by atoms with van der Waals surface area (Å²) in [6, 6.07) is 2.10. The zero-order valence-electron chi connectivity index (χ0n) is 12.4. The molecule has 1 fully saturated rings. The van der Waals surface area contributed by atoms with E-state index < -0.39 is 28.8 Å². The topological polar surface area (TPSA) is 21.3 Å². The lowest BCUT2D eigenvalue weighted by Gasteiger charge is -2.28. The number of benzene rings is 1. The number of hydrogen-bond acceptors (Lipinski definition) is 2. The molecule has 1 aliphatic rings. The summed E-state index contributed by atoms with van der Waals surface area (Å²) in [7, 11) is 0. The molecule has 0 amide bonds. The quantitative estimate of drug-likeness (QED) is 0.806. The van der Waals surface area contributed by atoms with Gasteiger partial charge in [0.05, 0.1) is 28.5 Å². The third-order valence-electron chi connectivity index (χ3n) is 3.70. The number of hydrogen-bond donors (Lipinski definition) is 1. The molecule has 6 heteroatoms. The molecule has 0 spiro atoms. The summed E-state index contributed by atoms with van der Waals surface area (Å²) in [5.74, 6) is -0.705. The van der Waals surface area contributed by atoms with Gasteiger partial charge < -0.3 is 10.1 Å². The second-order valence-electron chi connectivity index (χ2n) is 6.56. The Hall–Kier alpha value is -1.30. The van der Waals surface area contributed by atoms with E-state index >= 15 is 0 Å². The number of alkyl halides is 3. The van der Waals surface area contributed by atoms with Crippen molar-refractivity contribution in [3.63, 3.8) is 0 Å². The Morgan fingerprint density at radius 3 is 2.29 bits per heavy atom. The molecule has 1 heterocycles. The van der Waals surface area contributed by atoms with Crippen molar-refractivity contribution >= 4 is 5.69 Å². The van der Waals surface area contributed by atoms with E-state index in [1.54, 1.807) is 0 Å². The van der Waals surface area contributed by atoms with Crippen LogP contribution in [0.2, 0.25) is 0 Å². The maximum Gasteiger partial charge on any atom is 0.416 e. The highest BCUT2D eigenvalue weighted by Crippen LogP contribution is 2.40. The molecule has 0 radical (unpaired) electrons. The number of anilines is 1. The van der Waals surface area contributed by atoms with Gasteiger partial charge >= 0.3 is 6.18 Å². The maximum atomic E-state index is 13.8. The van der Waals surface area contributed by atoms with Gasteiger partial charge in [-0.05, 0) is 52.3 Å². The Bertz CT molecular complexity index is 537. The van der Waals surface area contributed by atoms with Crippen molar-refractivity contribution in [2.75, 3.05) is 5.32 Å². The Kier molecular flexibility index (Phi) is 3.72. The van der Waals surface area contributed by atoms with Crippen molar-refractivity contribution in [1.82, 2.24) is 0 Å². The summed E-state index contributed by atoms with van der Waals surface area (Å²) in [6.07, 6.45) is -3.92. The van der Waals surface area contributed by atoms with E-state index in [1.807, 2.05) is 27.7 Å². The molecule has 1 atom stereocenters. The van der Waals surface area contributed by atoms with E-state index in [0.29, 0.717) is 6.42 Å². The summed E-state index contributed by atoms with van der Waals surface area (Å²) in [5.41, 5.74) is -2.02. The van der Waals surface area contributed by atoms with Crippen LogP contribution >= 0.6 is 0 Å². The van der Waals surface area contributed by atoms with Gasteiger partial charge in [0.15, 0.2) is 0 Å². The van der Waals surface area contributed by atoms with E-state index in [1.165, 1.54) is 0 Å². The Balaban J connectivity index is 2.28. The Morgan fingerprint density at radius 2 is 1.81 bits per heavy atom. The van der Waals surface area contributed by atoms with Gasteiger partial charge in [0, 0.05) is 0 Å². The van der Waals surface area contributed by atoms with Crippen LogP contribution in [0.25, 0.3) is 0 Å². The lowest BCUT2D eigenvalue weighted by Crippen LogP contribution is -2.38. The lowest BCUT2D eigenvalue weighted by molar-refractivity contribution is -0.137. The van der Waals surface area contributed by atoms with Crippen LogP contribution in [0.1, 0.15) is 39.7 Å². The van der Waals surface area contributed by atoms with Gasteiger partial charge in [-0.15, -0.1) is 0 Å². The third kappa shape index (κ3) is 3.48. The second kappa shape index (κ2) is 4.87. The first-order valence-corrected chi connectivity index (χ1v) is 6.74. The Morgan fingerprint density at radius 1 is 1.19 bits per heavy atom. The van der Waals surface area contributed by atoms with Gasteiger partial charge in [0.25, 0.3) is 0 Å². The van der Waals surface area contributed by atoms with Crippen molar-refractivity contribution < 1.29 is 22.3 Å². The minimum absolute atomic E-state index is 0.149. The van der Waals surface area contributed by atoms with Gasteiger partial charge in [-0.25, -0.2) is 4.39 Å². The maximum absolute atomic E-state index is 13.8. The molecule has 0 aliphatic carbocycles. The fourth-order valence-corrected chi connectivity index (χ4v) is 2.79. The average Bonchev–Trinajstić information content (AvgIpc) is 2.48. The zero-order valence-corrected chi connectivity index (χ0v) is 12.4. The molecule has 2 rings (SSSR count). The predicted molar refractivity (Wildman–Crippen MR) is 72.7 cm³/mol. The van der Waals surface area contributed by atoms with E-state index in [4.69, 9.17) is 4.74 Å². The summed E-state index contributed by atoms with van der Waals surface area (Å²) >= 11 is 0. The lowest BCUT2D eigenvalue weighted by atomic mass is 9.94. The van der Waals surface area contributed by atoms with Crippen LogP contribution in [0.15, 0.2) is 18.2 Å². The first-order valence-electron chi connectivity index (χ1n) is 6.74. The third-order valence-corrected chi connectivity index (χ3v) is 3.70. The molecule has 1 aromatic carbocycles. The molecule has 1 N–H and O–H groups in total. The van der Waals surface area contributed by atoms with Gasteiger partial charge in [-0.1, -0.05) is 0 Å². The van der Waals surface area contributed by atoms with Crippen LogP contribution in [0, 0.1) is 5.82 Å². The van der Waals surface area contributed by atoms with Crippen LogP contribution < -0.4 is 5.32 Å².